The fourth-order valence-corrected chi connectivity index (χ4v) is 3.65. The maximum Gasteiger partial charge on any atom is 0.123 e. The minimum Gasteiger partial charge on any atom is -0.491 e. The third kappa shape index (κ3) is 5.35. The van der Waals surface area contributed by atoms with E-state index in [1.807, 2.05) is 24.3 Å². The molecule has 4 nitrogen and oxygen atoms in total. The van der Waals surface area contributed by atoms with Crippen LogP contribution < -0.4 is 4.74 Å². The highest BCUT2D eigenvalue weighted by atomic mass is 35.5. The van der Waals surface area contributed by atoms with Crippen molar-refractivity contribution in [3.63, 3.8) is 0 Å². The molecule has 0 bridgehead atoms. The molecule has 0 saturated heterocycles. The normalized spacial score (nSPS) is 13.7. The maximum absolute atomic E-state index is 10.8. The average Bonchev–Trinajstić information content (AvgIpc) is 3.04. The Morgan fingerprint density at radius 1 is 1.13 bits per heavy atom. The number of hydrogen-bond donors (Lipinski definition) is 1. The number of halogens is 1. The molecule has 0 amide bonds. The molecule has 2 aromatic carbocycles. The second-order valence-electron chi connectivity index (χ2n) is 9.09. The number of rotatable bonds is 7. The largest absolute Gasteiger partial charge is 0.491 e. The molecule has 5 heteroatoms. The van der Waals surface area contributed by atoms with Crippen LogP contribution in [0.15, 0.2) is 42.5 Å². The second-order valence-corrected chi connectivity index (χ2v) is 9.09. The Morgan fingerprint density at radius 3 is 2.50 bits per heavy atom. The van der Waals surface area contributed by atoms with E-state index in [-0.39, 0.29) is 24.4 Å². The minimum atomic E-state index is -0.621. The van der Waals surface area contributed by atoms with Gasteiger partial charge in [-0.2, -0.15) is 0 Å². The molecule has 0 aliphatic heterocycles. The first-order valence-corrected chi connectivity index (χ1v) is 10.6. The topological polar surface area (TPSA) is 47.3 Å². The Balaban J connectivity index is 0.00000320. The summed E-state index contributed by atoms with van der Waals surface area (Å²) < 4.78 is 8.23. The highest BCUT2D eigenvalue weighted by Crippen LogP contribution is 2.32. The molecule has 2 atom stereocenters. The molecular formula is C25H35ClN2O2. The Bertz CT molecular complexity index is 975. The Hall–Kier alpha value is -2.04. The van der Waals surface area contributed by atoms with Gasteiger partial charge in [0.15, 0.2) is 0 Å². The van der Waals surface area contributed by atoms with Crippen LogP contribution in [0.5, 0.6) is 5.75 Å². The lowest BCUT2D eigenvalue weighted by molar-refractivity contribution is 0.0915. The Labute approximate surface area is 186 Å². The van der Waals surface area contributed by atoms with Crippen molar-refractivity contribution in [1.82, 2.24) is 9.55 Å². The van der Waals surface area contributed by atoms with E-state index in [4.69, 9.17) is 9.72 Å². The number of hydrogen-bond acceptors (Lipinski definition) is 3. The Morgan fingerprint density at radius 2 is 1.83 bits per heavy atom. The summed E-state index contributed by atoms with van der Waals surface area (Å²) in [5.41, 5.74) is 4.40. The van der Waals surface area contributed by atoms with Crippen LogP contribution in [0.25, 0.3) is 11.0 Å². The molecule has 30 heavy (non-hydrogen) atoms. The van der Waals surface area contributed by atoms with Crippen LogP contribution in [0.1, 0.15) is 63.9 Å². The monoisotopic (exact) mass is 430 g/mol. The van der Waals surface area contributed by atoms with Gasteiger partial charge in [-0.3, -0.25) is 0 Å². The van der Waals surface area contributed by atoms with Crippen LogP contribution in [-0.2, 0) is 12.0 Å². The predicted molar refractivity (Wildman–Crippen MR) is 127 cm³/mol. The van der Waals surface area contributed by atoms with E-state index in [2.05, 4.69) is 64.3 Å². The van der Waals surface area contributed by atoms with Crippen molar-refractivity contribution in [2.45, 2.75) is 71.9 Å². The number of fused-ring (bicyclic) bond motifs is 1. The van der Waals surface area contributed by atoms with Crippen molar-refractivity contribution in [2.24, 2.45) is 0 Å². The molecule has 0 aliphatic rings. The predicted octanol–water partition coefficient (Wildman–Crippen LogP) is 6.02. The first-order chi connectivity index (χ1) is 13.7. The maximum atomic E-state index is 10.8. The van der Waals surface area contributed by atoms with E-state index in [0.717, 1.165) is 34.6 Å². The highest BCUT2D eigenvalue weighted by molar-refractivity contribution is 5.85. The smallest absolute Gasteiger partial charge is 0.123 e. The third-order valence-electron chi connectivity index (χ3n) is 5.50. The van der Waals surface area contributed by atoms with E-state index >= 15 is 0 Å². The molecule has 1 aromatic heterocycles. The fraction of sp³-hybridized carbons (Fsp3) is 0.480. The van der Waals surface area contributed by atoms with Gasteiger partial charge in [-0.1, -0.05) is 64.4 Å². The zero-order valence-corrected chi connectivity index (χ0v) is 19.8. The molecule has 3 aromatic rings. The lowest BCUT2D eigenvalue weighted by atomic mass is 9.85. The van der Waals surface area contributed by atoms with Crippen molar-refractivity contribution in [3.05, 3.63) is 59.4 Å². The van der Waals surface area contributed by atoms with E-state index in [1.165, 1.54) is 5.56 Å². The van der Waals surface area contributed by atoms with Crippen molar-refractivity contribution in [3.8, 4) is 5.75 Å². The summed E-state index contributed by atoms with van der Waals surface area (Å²) in [5, 5.41) is 10.8. The zero-order chi connectivity index (χ0) is 21.2. The minimum absolute atomic E-state index is 0. The number of aliphatic hydroxyl groups is 1. The Kier molecular flexibility index (Phi) is 7.95. The van der Waals surface area contributed by atoms with E-state index in [9.17, 15) is 5.11 Å². The van der Waals surface area contributed by atoms with E-state index < -0.39 is 6.10 Å². The standard InChI is InChI=1S/C25H34N2O2.ClH/c1-7-18(3)24-26-21-10-8-9-11-22(21)27(24)15-19(28)16-29-23-13-12-17(2)14-20(23)25(4,5)6;/h8-14,18-19,28H,7,15-16H2,1-6H3;1H. The summed E-state index contributed by atoms with van der Waals surface area (Å²) >= 11 is 0. The fourth-order valence-electron chi connectivity index (χ4n) is 3.65. The number of aryl methyl sites for hydroxylation is 1. The highest BCUT2D eigenvalue weighted by Gasteiger charge is 2.21. The van der Waals surface area contributed by atoms with Crippen LogP contribution in [0.4, 0.5) is 0 Å². The molecule has 0 saturated carbocycles. The summed E-state index contributed by atoms with van der Waals surface area (Å²) in [6.07, 6.45) is 0.387. The summed E-state index contributed by atoms with van der Waals surface area (Å²) in [7, 11) is 0. The van der Waals surface area contributed by atoms with E-state index in [0.29, 0.717) is 12.5 Å². The number of benzene rings is 2. The first-order valence-electron chi connectivity index (χ1n) is 10.6. The van der Waals surface area contributed by atoms with Crippen molar-refractivity contribution >= 4 is 23.4 Å². The summed E-state index contributed by atoms with van der Waals surface area (Å²) in [4.78, 5) is 4.82. The van der Waals surface area contributed by atoms with Gasteiger partial charge in [-0.05, 0) is 42.5 Å². The van der Waals surface area contributed by atoms with Crippen molar-refractivity contribution < 1.29 is 9.84 Å². The number of imidazole rings is 1. The second kappa shape index (κ2) is 9.84. The molecule has 1 N–H and O–H groups in total. The number of nitrogens with zero attached hydrogens (tertiary/aromatic N) is 2. The summed E-state index contributed by atoms with van der Waals surface area (Å²) in [6.45, 7) is 13.7. The molecular weight excluding hydrogens is 396 g/mol. The van der Waals surface area contributed by atoms with Gasteiger partial charge in [0, 0.05) is 5.92 Å². The van der Waals surface area contributed by atoms with Gasteiger partial charge in [0.1, 0.15) is 24.3 Å². The number of ether oxygens (including phenoxy) is 1. The van der Waals surface area contributed by atoms with Crippen molar-refractivity contribution in [2.75, 3.05) is 6.61 Å². The number of para-hydroxylation sites is 2. The zero-order valence-electron chi connectivity index (χ0n) is 19.0. The SMILES string of the molecule is CCC(C)c1nc2ccccc2n1CC(O)COc1ccc(C)cc1C(C)(C)C.Cl. The molecule has 1 heterocycles. The average molecular weight is 431 g/mol. The van der Waals surface area contributed by atoms with Gasteiger partial charge in [0.25, 0.3) is 0 Å². The van der Waals surface area contributed by atoms with Gasteiger partial charge in [-0.15, -0.1) is 12.4 Å². The molecule has 0 radical (unpaired) electrons. The third-order valence-corrected chi connectivity index (χ3v) is 5.50. The molecule has 2 unspecified atom stereocenters. The van der Waals surface area contributed by atoms with Gasteiger partial charge < -0.3 is 14.4 Å². The van der Waals surface area contributed by atoms with Crippen LogP contribution in [0.2, 0.25) is 0 Å². The first kappa shape index (κ1) is 24.2. The number of aromatic nitrogens is 2. The quantitative estimate of drug-likeness (QED) is 0.498. The lowest BCUT2D eigenvalue weighted by Gasteiger charge is -2.24. The molecule has 0 spiro atoms. The molecule has 3 rings (SSSR count). The van der Waals surface area contributed by atoms with Gasteiger partial charge in [0.05, 0.1) is 17.6 Å². The van der Waals surface area contributed by atoms with Gasteiger partial charge >= 0.3 is 0 Å². The van der Waals surface area contributed by atoms with Crippen LogP contribution >= 0.6 is 12.4 Å². The molecule has 164 valence electrons. The molecule has 0 aliphatic carbocycles. The van der Waals surface area contributed by atoms with Gasteiger partial charge in [0.2, 0.25) is 0 Å². The molecule has 0 fully saturated rings. The van der Waals surface area contributed by atoms with Crippen LogP contribution in [0, 0.1) is 6.92 Å². The lowest BCUT2D eigenvalue weighted by Crippen LogP contribution is -2.26. The number of aliphatic hydroxyl groups excluding tert-OH is 1. The summed E-state index contributed by atoms with van der Waals surface area (Å²) in [5.74, 6) is 2.21. The van der Waals surface area contributed by atoms with Gasteiger partial charge in [-0.25, -0.2) is 4.98 Å². The van der Waals surface area contributed by atoms with Crippen LogP contribution in [0.3, 0.4) is 0 Å². The van der Waals surface area contributed by atoms with Crippen molar-refractivity contribution in [1.29, 1.82) is 0 Å². The summed E-state index contributed by atoms with van der Waals surface area (Å²) in [6, 6.07) is 14.4. The van der Waals surface area contributed by atoms with Crippen LogP contribution in [-0.4, -0.2) is 27.4 Å². The van der Waals surface area contributed by atoms with E-state index in [1.54, 1.807) is 0 Å².